The molecule has 0 spiro atoms. The van der Waals surface area contributed by atoms with Crippen molar-refractivity contribution in [1.82, 2.24) is 0 Å². The second-order valence-corrected chi connectivity index (χ2v) is 3.82. The standard InChI is InChI=1S/C12H20O6/c1-2-4-9(5-3-6-11(15)16)12(17)18-8-10(14)7-13/h4,10,13-14H,2-3,5-8H2,1H3,(H,15,16). The summed E-state index contributed by atoms with van der Waals surface area (Å²) in [6.45, 7) is 1.11. The van der Waals surface area contributed by atoms with Gasteiger partial charge in [-0.15, -0.1) is 0 Å². The third-order valence-electron chi connectivity index (χ3n) is 2.17. The minimum absolute atomic E-state index is 0.00635. The zero-order chi connectivity index (χ0) is 14.0. The van der Waals surface area contributed by atoms with E-state index in [1.54, 1.807) is 6.08 Å². The molecule has 6 heteroatoms. The van der Waals surface area contributed by atoms with E-state index in [9.17, 15) is 9.59 Å². The number of carbonyl (C=O) groups is 2. The molecule has 6 nitrogen and oxygen atoms in total. The lowest BCUT2D eigenvalue weighted by Crippen LogP contribution is -2.22. The summed E-state index contributed by atoms with van der Waals surface area (Å²) in [6, 6.07) is 0. The molecule has 0 aromatic carbocycles. The van der Waals surface area contributed by atoms with Gasteiger partial charge in [0.15, 0.2) is 0 Å². The van der Waals surface area contributed by atoms with Crippen molar-refractivity contribution in [3.63, 3.8) is 0 Å². The van der Waals surface area contributed by atoms with E-state index in [0.29, 0.717) is 24.8 Å². The number of aliphatic carboxylic acids is 1. The van der Waals surface area contributed by atoms with E-state index in [2.05, 4.69) is 0 Å². The van der Waals surface area contributed by atoms with Gasteiger partial charge >= 0.3 is 11.9 Å². The third kappa shape index (κ3) is 7.81. The van der Waals surface area contributed by atoms with Crippen molar-refractivity contribution >= 4 is 11.9 Å². The lowest BCUT2D eigenvalue weighted by Gasteiger charge is -2.10. The number of aliphatic hydroxyl groups is 2. The number of allylic oxidation sites excluding steroid dienone is 1. The van der Waals surface area contributed by atoms with Crippen molar-refractivity contribution < 1.29 is 29.6 Å². The van der Waals surface area contributed by atoms with E-state index in [0.717, 1.165) is 0 Å². The Balaban J connectivity index is 4.20. The van der Waals surface area contributed by atoms with Crippen LogP contribution in [0.4, 0.5) is 0 Å². The van der Waals surface area contributed by atoms with Crippen molar-refractivity contribution in [1.29, 1.82) is 0 Å². The summed E-state index contributed by atoms with van der Waals surface area (Å²) in [5.74, 6) is -1.48. The second-order valence-electron chi connectivity index (χ2n) is 3.82. The highest BCUT2D eigenvalue weighted by Gasteiger charge is 2.13. The Hall–Kier alpha value is -1.40. The molecule has 0 aliphatic rings. The molecule has 0 radical (unpaired) electrons. The summed E-state index contributed by atoms with van der Waals surface area (Å²) in [5.41, 5.74) is 0.406. The predicted molar refractivity (Wildman–Crippen MR) is 63.9 cm³/mol. The molecule has 0 bridgehead atoms. The van der Waals surface area contributed by atoms with Gasteiger partial charge in [-0.1, -0.05) is 13.0 Å². The molecule has 0 rings (SSSR count). The Labute approximate surface area is 106 Å². The lowest BCUT2D eigenvalue weighted by atomic mass is 10.1. The van der Waals surface area contributed by atoms with Gasteiger partial charge in [0, 0.05) is 12.0 Å². The number of carboxylic acids is 1. The molecule has 1 atom stereocenters. The highest BCUT2D eigenvalue weighted by Crippen LogP contribution is 2.11. The number of ether oxygens (including phenoxy) is 1. The van der Waals surface area contributed by atoms with Crippen LogP contribution in [0.5, 0.6) is 0 Å². The fourth-order valence-corrected chi connectivity index (χ4v) is 1.28. The Morgan fingerprint density at radius 1 is 1.33 bits per heavy atom. The number of hydrogen-bond donors (Lipinski definition) is 3. The molecule has 0 saturated carbocycles. The quantitative estimate of drug-likeness (QED) is 0.411. The Bertz CT molecular complexity index is 297. The molecule has 1 unspecified atom stereocenters. The van der Waals surface area contributed by atoms with Crippen LogP contribution in [0.2, 0.25) is 0 Å². The highest BCUT2D eigenvalue weighted by molar-refractivity contribution is 5.88. The molecule has 0 aliphatic heterocycles. The molecule has 0 aromatic heterocycles. The zero-order valence-corrected chi connectivity index (χ0v) is 10.5. The summed E-state index contributed by atoms with van der Waals surface area (Å²) >= 11 is 0. The number of esters is 1. The second kappa shape index (κ2) is 9.61. The van der Waals surface area contributed by atoms with E-state index < -0.39 is 24.6 Å². The Morgan fingerprint density at radius 2 is 2.00 bits per heavy atom. The minimum atomic E-state index is -1.09. The number of carboxylic acid groups (broad SMARTS) is 1. The van der Waals surface area contributed by atoms with Gasteiger partial charge in [-0.2, -0.15) is 0 Å². The monoisotopic (exact) mass is 260 g/mol. The van der Waals surface area contributed by atoms with E-state index in [4.69, 9.17) is 20.1 Å². The van der Waals surface area contributed by atoms with Gasteiger partial charge in [0.05, 0.1) is 6.61 Å². The molecule has 0 fully saturated rings. The van der Waals surface area contributed by atoms with Crippen molar-refractivity contribution in [3.8, 4) is 0 Å². The van der Waals surface area contributed by atoms with Gasteiger partial charge in [0.1, 0.15) is 12.7 Å². The first kappa shape index (κ1) is 16.6. The zero-order valence-electron chi connectivity index (χ0n) is 10.5. The number of rotatable bonds is 9. The summed E-state index contributed by atoms with van der Waals surface area (Å²) in [4.78, 5) is 22.0. The van der Waals surface area contributed by atoms with Crippen molar-refractivity contribution in [2.24, 2.45) is 0 Å². The molecule has 0 aliphatic carbocycles. The first-order chi connectivity index (χ1) is 8.51. The van der Waals surface area contributed by atoms with Gasteiger partial charge in [0.25, 0.3) is 0 Å². The van der Waals surface area contributed by atoms with Crippen LogP contribution < -0.4 is 0 Å². The van der Waals surface area contributed by atoms with E-state index in [1.165, 1.54) is 0 Å². The molecular weight excluding hydrogens is 240 g/mol. The van der Waals surface area contributed by atoms with Crippen LogP contribution >= 0.6 is 0 Å². The first-order valence-electron chi connectivity index (χ1n) is 5.88. The van der Waals surface area contributed by atoms with Crippen LogP contribution in [0.1, 0.15) is 32.6 Å². The first-order valence-corrected chi connectivity index (χ1v) is 5.88. The topological polar surface area (TPSA) is 104 Å². The smallest absolute Gasteiger partial charge is 0.333 e. The molecule has 104 valence electrons. The molecule has 3 N–H and O–H groups in total. The van der Waals surface area contributed by atoms with Crippen LogP contribution in [0, 0.1) is 0 Å². The number of hydrogen-bond acceptors (Lipinski definition) is 5. The maximum absolute atomic E-state index is 11.6. The molecule has 0 aromatic rings. The van der Waals surface area contributed by atoms with E-state index in [-0.39, 0.29) is 13.0 Å². The van der Waals surface area contributed by atoms with E-state index >= 15 is 0 Å². The Kier molecular flexibility index (Phi) is 8.86. The van der Waals surface area contributed by atoms with Crippen molar-refractivity contribution in [2.45, 2.75) is 38.7 Å². The van der Waals surface area contributed by atoms with Crippen LogP contribution in [0.3, 0.4) is 0 Å². The van der Waals surface area contributed by atoms with Gasteiger partial charge in [-0.3, -0.25) is 4.79 Å². The highest BCUT2D eigenvalue weighted by atomic mass is 16.5. The third-order valence-corrected chi connectivity index (χ3v) is 2.17. The lowest BCUT2D eigenvalue weighted by molar-refractivity contribution is -0.143. The molecular formula is C12H20O6. The fourth-order valence-electron chi connectivity index (χ4n) is 1.28. The molecule has 0 amide bonds. The normalized spacial score (nSPS) is 13.2. The fraction of sp³-hybridized carbons (Fsp3) is 0.667. The number of aliphatic hydroxyl groups excluding tert-OH is 2. The van der Waals surface area contributed by atoms with Gasteiger partial charge < -0.3 is 20.1 Å². The summed E-state index contributed by atoms with van der Waals surface area (Å²) < 4.78 is 4.80. The number of carbonyl (C=O) groups excluding carboxylic acids is 1. The SMILES string of the molecule is CCC=C(CCCC(=O)O)C(=O)OCC(O)CO. The van der Waals surface area contributed by atoms with Crippen LogP contribution in [-0.2, 0) is 14.3 Å². The average molecular weight is 260 g/mol. The maximum atomic E-state index is 11.6. The molecule has 0 saturated heterocycles. The predicted octanol–water partition coefficient (Wildman–Crippen LogP) is 0.474. The largest absolute Gasteiger partial charge is 0.481 e. The Morgan fingerprint density at radius 3 is 2.50 bits per heavy atom. The molecule has 0 heterocycles. The van der Waals surface area contributed by atoms with Crippen molar-refractivity contribution in [2.75, 3.05) is 13.2 Å². The summed E-state index contributed by atoms with van der Waals surface area (Å²) in [5, 5.41) is 26.1. The average Bonchev–Trinajstić information content (AvgIpc) is 2.34. The van der Waals surface area contributed by atoms with Crippen molar-refractivity contribution in [3.05, 3.63) is 11.6 Å². The van der Waals surface area contributed by atoms with E-state index in [1.807, 2.05) is 6.92 Å². The molecule has 18 heavy (non-hydrogen) atoms. The maximum Gasteiger partial charge on any atom is 0.333 e. The van der Waals surface area contributed by atoms with Crippen LogP contribution in [-0.4, -0.2) is 46.6 Å². The van der Waals surface area contributed by atoms with Gasteiger partial charge in [-0.25, -0.2) is 4.79 Å². The summed E-state index contributed by atoms with van der Waals surface area (Å²) in [6.07, 6.45) is 1.91. The summed E-state index contributed by atoms with van der Waals surface area (Å²) in [7, 11) is 0. The van der Waals surface area contributed by atoms with Gasteiger partial charge in [0.2, 0.25) is 0 Å². The van der Waals surface area contributed by atoms with Crippen LogP contribution in [0.15, 0.2) is 11.6 Å². The van der Waals surface area contributed by atoms with Crippen LogP contribution in [0.25, 0.3) is 0 Å². The van der Waals surface area contributed by atoms with Gasteiger partial charge in [-0.05, 0) is 19.3 Å². The minimum Gasteiger partial charge on any atom is -0.481 e.